The van der Waals surface area contributed by atoms with Crippen LogP contribution in [0.15, 0.2) is 48.7 Å². The number of anilines is 3. The van der Waals surface area contributed by atoms with Gasteiger partial charge in [-0.15, -0.1) is 0 Å². The lowest BCUT2D eigenvalue weighted by molar-refractivity contribution is 0.262. The Morgan fingerprint density at radius 2 is 1.91 bits per heavy atom. The zero-order chi connectivity index (χ0) is 16.1. The molecule has 2 amide bonds. The highest BCUT2D eigenvalue weighted by molar-refractivity contribution is 5.99. The predicted molar refractivity (Wildman–Crippen MR) is 93.9 cm³/mol. The molecule has 23 heavy (non-hydrogen) atoms. The van der Waals surface area contributed by atoms with Gasteiger partial charge in [-0.25, -0.2) is 9.78 Å². The van der Waals surface area contributed by atoms with Crippen molar-refractivity contribution in [2.45, 2.75) is 19.8 Å². The zero-order valence-corrected chi connectivity index (χ0v) is 13.3. The van der Waals surface area contributed by atoms with Gasteiger partial charge in [-0.1, -0.05) is 25.1 Å². The molecule has 0 saturated carbocycles. The maximum atomic E-state index is 12.0. The van der Waals surface area contributed by atoms with Crippen molar-refractivity contribution in [3.8, 4) is 0 Å². The number of hydrogen-bond acceptors (Lipinski definition) is 3. The van der Waals surface area contributed by atoms with Crippen LogP contribution in [0.4, 0.5) is 22.0 Å². The van der Waals surface area contributed by atoms with E-state index in [-0.39, 0.29) is 6.03 Å². The molecule has 2 heterocycles. The van der Waals surface area contributed by atoms with Crippen LogP contribution in [0, 0.1) is 5.92 Å². The van der Waals surface area contributed by atoms with E-state index in [0.29, 0.717) is 11.6 Å². The third-order valence-electron chi connectivity index (χ3n) is 4.02. The molecule has 1 fully saturated rings. The molecular weight excluding hydrogens is 288 g/mol. The van der Waals surface area contributed by atoms with E-state index in [1.807, 2.05) is 42.5 Å². The Labute approximate surface area is 136 Å². The second-order valence-electron chi connectivity index (χ2n) is 6.04. The Morgan fingerprint density at radius 1 is 1.13 bits per heavy atom. The fourth-order valence-corrected chi connectivity index (χ4v) is 2.86. The van der Waals surface area contributed by atoms with Gasteiger partial charge in [0.2, 0.25) is 0 Å². The Bertz CT molecular complexity index is 642. The van der Waals surface area contributed by atoms with Crippen LogP contribution in [0.3, 0.4) is 0 Å². The lowest BCUT2D eigenvalue weighted by atomic mass is 10.0. The fraction of sp³-hybridized carbons (Fsp3) is 0.333. The highest BCUT2D eigenvalue weighted by Gasteiger charge is 2.17. The predicted octanol–water partition coefficient (Wildman–Crippen LogP) is 3.96. The molecule has 3 rings (SSSR count). The average Bonchev–Trinajstić information content (AvgIpc) is 2.56. The molecule has 0 bridgehead atoms. The number of nitrogens with one attached hydrogen (secondary N) is 2. The van der Waals surface area contributed by atoms with Crippen LogP contribution in [0.25, 0.3) is 0 Å². The molecule has 0 spiro atoms. The number of pyridine rings is 1. The van der Waals surface area contributed by atoms with Gasteiger partial charge in [0.25, 0.3) is 0 Å². The first kappa shape index (κ1) is 15.3. The Balaban J connectivity index is 1.58. The highest BCUT2D eigenvalue weighted by Crippen LogP contribution is 2.22. The summed E-state index contributed by atoms with van der Waals surface area (Å²) in [7, 11) is 0. The number of rotatable bonds is 3. The van der Waals surface area contributed by atoms with E-state index in [1.165, 1.54) is 12.8 Å². The van der Waals surface area contributed by atoms with E-state index in [1.54, 1.807) is 6.20 Å². The fourth-order valence-electron chi connectivity index (χ4n) is 2.86. The lowest BCUT2D eigenvalue weighted by Crippen LogP contribution is -2.34. The number of carbonyl (C=O) groups is 1. The van der Waals surface area contributed by atoms with Crippen molar-refractivity contribution < 1.29 is 4.79 Å². The van der Waals surface area contributed by atoms with Gasteiger partial charge >= 0.3 is 6.03 Å². The summed E-state index contributed by atoms with van der Waals surface area (Å²) >= 11 is 0. The van der Waals surface area contributed by atoms with Gasteiger partial charge in [-0.2, -0.15) is 0 Å². The normalized spacial score (nSPS) is 17.6. The molecular formula is C18H22N4O. The van der Waals surface area contributed by atoms with E-state index in [0.717, 1.165) is 24.6 Å². The zero-order valence-electron chi connectivity index (χ0n) is 13.3. The summed E-state index contributed by atoms with van der Waals surface area (Å²) in [5.41, 5.74) is 1.45. The Kier molecular flexibility index (Phi) is 4.76. The minimum absolute atomic E-state index is 0.266. The topological polar surface area (TPSA) is 57.3 Å². The van der Waals surface area contributed by atoms with Gasteiger partial charge < -0.3 is 15.5 Å². The van der Waals surface area contributed by atoms with Crippen LogP contribution in [-0.2, 0) is 0 Å². The molecule has 5 heteroatoms. The van der Waals surface area contributed by atoms with Crippen molar-refractivity contribution in [1.29, 1.82) is 0 Å². The smallest absolute Gasteiger partial charge is 0.323 e. The number of para-hydroxylation sites is 1. The van der Waals surface area contributed by atoms with Crippen LogP contribution in [-0.4, -0.2) is 24.1 Å². The molecule has 0 aliphatic carbocycles. The number of hydrogen-bond donors (Lipinski definition) is 2. The summed E-state index contributed by atoms with van der Waals surface area (Å²) < 4.78 is 0. The summed E-state index contributed by atoms with van der Waals surface area (Å²) in [5, 5.41) is 5.58. The van der Waals surface area contributed by atoms with E-state index >= 15 is 0 Å². The first-order valence-electron chi connectivity index (χ1n) is 8.05. The minimum atomic E-state index is -0.266. The van der Waals surface area contributed by atoms with Crippen molar-refractivity contribution >= 4 is 23.2 Å². The molecule has 1 aromatic carbocycles. The molecule has 1 saturated heterocycles. The van der Waals surface area contributed by atoms with Crippen LogP contribution >= 0.6 is 0 Å². The van der Waals surface area contributed by atoms with Gasteiger partial charge in [0.05, 0.1) is 11.9 Å². The van der Waals surface area contributed by atoms with Crippen molar-refractivity contribution in [3.05, 3.63) is 48.7 Å². The van der Waals surface area contributed by atoms with E-state index < -0.39 is 0 Å². The number of amides is 2. The summed E-state index contributed by atoms with van der Waals surface area (Å²) in [6, 6.07) is 13.0. The first-order valence-corrected chi connectivity index (χ1v) is 8.05. The molecule has 1 atom stereocenters. The molecule has 0 radical (unpaired) electrons. The third-order valence-corrected chi connectivity index (χ3v) is 4.02. The number of piperidine rings is 1. The Hall–Kier alpha value is -2.56. The van der Waals surface area contributed by atoms with Gasteiger partial charge in [0.1, 0.15) is 5.82 Å². The molecule has 1 aromatic heterocycles. The molecule has 1 aliphatic rings. The number of nitrogens with zero attached hydrogens (tertiary/aromatic N) is 2. The summed E-state index contributed by atoms with van der Waals surface area (Å²) in [6.45, 7) is 4.38. The van der Waals surface area contributed by atoms with Gasteiger partial charge in [-0.3, -0.25) is 0 Å². The maximum absolute atomic E-state index is 12.0. The van der Waals surface area contributed by atoms with Crippen molar-refractivity contribution in [1.82, 2.24) is 4.98 Å². The molecule has 1 aliphatic heterocycles. The van der Waals surface area contributed by atoms with Gasteiger partial charge in [0, 0.05) is 18.8 Å². The molecule has 1 unspecified atom stereocenters. The lowest BCUT2D eigenvalue weighted by Gasteiger charge is -2.31. The van der Waals surface area contributed by atoms with Gasteiger partial charge in [-0.05, 0) is 43.0 Å². The number of carbonyl (C=O) groups excluding carboxylic acids is 1. The van der Waals surface area contributed by atoms with Crippen molar-refractivity contribution in [2.75, 3.05) is 28.6 Å². The third kappa shape index (κ3) is 4.22. The maximum Gasteiger partial charge on any atom is 0.323 e. The summed E-state index contributed by atoms with van der Waals surface area (Å²) in [5.74, 6) is 1.69. The summed E-state index contributed by atoms with van der Waals surface area (Å²) in [4.78, 5) is 18.7. The number of benzene rings is 1. The molecule has 5 nitrogen and oxygen atoms in total. The Morgan fingerprint density at radius 3 is 2.61 bits per heavy atom. The highest BCUT2D eigenvalue weighted by atomic mass is 16.2. The van der Waals surface area contributed by atoms with E-state index in [2.05, 4.69) is 27.4 Å². The van der Waals surface area contributed by atoms with Crippen LogP contribution < -0.4 is 15.5 Å². The molecule has 2 N–H and O–H groups in total. The second-order valence-corrected chi connectivity index (χ2v) is 6.04. The van der Waals surface area contributed by atoms with E-state index in [4.69, 9.17) is 0 Å². The van der Waals surface area contributed by atoms with Crippen LogP contribution in [0.5, 0.6) is 0 Å². The van der Waals surface area contributed by atoms with Gasteiger partial charge in [0.15, 0.2) is 0 Å². The largest absolute Gasteiger partial charge is 0.356 e. The van der Waals surface area contributed by atoms with Crippen molar-refractivity contribution in [3.63, 3.8) is 0 Å². The first-order chi connectivity index (χ1) is 11.2. The average molecular weight is 310 g/mol. The number of urea groups is 1. The minimum Gasteiger partial charge on any atom is -0.356 e. The monoisotopic (exact) mass is 310 g/mol. The molecule has 2 aromatic rings. The van der Waals surface area contributed by atoms with E-state index in [9.17, 15) is 4.79 Å². The second kappa shape index (κ2) is 7.13. The van der Waals surface area contributed by atoms with Crippen LogP contribution in [0.1, 0.15) is 19.8 Å². The molecule has 120 valence electrons. The number of aromatic nitrogens is 1. The standard InChI is InChI=1S/C18H22N4O/c1-14-6-5-11-22(13-14)17-10-9-16(12-19-17)21-18(23)20-15-7-3-2-4-8-15/h2-4,7-10,12,14H,5-6,11,13H2,1H3,(H2,20,21,23). The summed E-state index contributed by atoms with van der Waals surface area (Å²) in [6.07, 6.45) is 4.21. The SMILES string of the molecule is CC1CCCN(c2ccc(NC(=O)Nc3ccccc3)cn2)C1. The quantitative estimate of drug-likeness (QED) is 0.902. The van der Waals surface area contributed by atoms with Crippen LogP contribution in [0.2, 0.25) is 0 Å². The van der Waals surface area contributed by atoms with Crippen molar-refractivity contribution in [2.24, 2.45) is 5.92 Å².